The Labute approximate surface area is 123 Å². The van der Waals surface area contributed by atoms with Crippen LogP contribution in [-0.2, 0) is 0 Å². The van der Waals surface area contributed by atoms with Crippen LogP contribution in [0.15, 0.2) is 24.5 Å². The standard InChI is InChI=1S/C15H18FN3O2/c1-4-7-17-14-13(20-3)15(19-9-18-14)21-12-6-5-11(16)8-10(12)2/h5-6,8-9H,4,7H2,1-3H3,(H,17,18,19). The second kappa shape index (κ2) is 6.88. The van der Waals surface area contributed by atoms with Crippen molar-refractivity contribution >= 4 is 5.82 Å². The number of halogens is 1. The van der Waals surface area contributed by atoms with Gasteiger partial charge in [-0.2, -0.15) is 4.98 Å². The van der Waals surface area contributed by atoms with E-state index in [-0.39, 0.29) is 5.82 Å². The van der Waals surface area contributed by atoms with Gasteiger partial charge in [0.2, 0.25) is 5.75 Å². The Kier molecular flexibility index (Phi) is 4.92. The van der Waals surface area contributed by atoms with Gasteiger partial charge in [-0.3, -0.25) is 0 Å². The number of rotatable bonds is 6. The lowest BCUT2D eigenvalue weighted by Gasteiger charge is -2.14. The highest BCUT2D eigenvalue weighted by Gasteiger charge is 2.15. The van der Waals surface area contributed by atoms with Crippen molar-refractivity contribution in [3.8, 4) is 17.4 Å². The van der Waals surface area contributed by atoms with Crippen LogP contribution in [0, 0.1) is 12.7 Å². The van der Waals surface area contributed by atoms with Gasteiger partial charge in [-0.15, -0.1) is 0 Å². The highest BCUT2D eigenvalue weighted by Crippen LogP contribution is 2.35. The molecule has 0 radical (unpaired) electrons. The molecule has 2 rings (SSSR count). The molecule has 1 heterocycles. The molecule has 0 saturated carbocycles. The second-order valence-corrected chi connectivity index (χ2v) is 4.50. The molecule has 1 N–H and O–H groups in total. The molecule has 0 bridgehead atoms. The monoisotopic (exact) mass is 291 g/mol. The van der Waals surface area contributed by atoms with E-state index in [0.717, 1.165) is 13.0 Å². The molecular weight excluding hydrogens is 273 g/mol. The Morgan fingerprint density at radius 3 is 2.76 bits per heavy atom. The van der Waals surface area contributed by atoms with E-state index in [9.17, 15) is 4.39 Å². The third kappa shape index (κ3) is 3.59. The van der Waals surface area contributed by atoms with E-state index in [1.54, 1.807) is 13.0 Å². The zero-order chi connectivity index (χ0) is 15.2. The molecule has 1 aromatic heterocycles. The number of benzene rings is 1. The van der Waals surface area contributed by atoms with Gasteiger partial charge >= 0.3 is 0 Å². The summed E-state index contributed by atoms with van der Waals surface area (Å²) < 4.78 is 24.2. The summed E-state index contributed by atoms with van der Waals surface area (Å²) in [5, 5.41) is 3.15. The van der Waals surface area contributed by atoms with E-state index < -0.39 is 0 Å². The van der Waals surface area contributed by atoms with E-state index in [1.165, 1.54) is 25.6 Å². The Balaban J connectivity index is 2.30. The maximum absolute atomic E-state index is 13.1. The molecule has 0 aliphatic carbocycles. The lowest BCUT2D eigenvalue weighted by atomic mass is 10.2. The van der Waals surface area contributed by atoms with Crippen LogP contribution in [0.1, 0.15) is 18.9 Å². The minimum Gasteiger partial charge on any atom is -0.489 e. The van der Waals surface area contributed by atoms with Crippen molar-refractivity contribution in [3.63, 3.8) is 0 Å². The van der Waals surface area contributed by atoms with Crippen LogP contribution in [0.3, 0.4) is 0 Å². The summed E-state index contributed by atoms with van der Waals surface area (Å²) >= 11 is 0. The fourth-order valence-electron chi connectivity index (χ4n) is 1.82. The van der Waals surface area contributed by atoms with Gasteiger partial charge < -0.3 is 14.8 Å². The molecule has 0 amide bonds. The van der Waals surface area contributed by atoms with E-state index >= 15 is 0 Å². The summed E-state index contributed by atoms with van der Waals surface area (Å²) in [6.45, 7) is 4.59. The number of nitrogens with zero attached hydrogens (tertiary/aromatic N) is 2. The molecular formula is C15H18FN3O2. The van der Waals surface area contributed by atoms with E-state index in [2.05, 4.69) is 22.2 Å². The van der Waals surface area contributed by atoms with Crippen LogP contribution in [0.4, 0.5) is 10.2 Å². The first kappa shape index (κ1) is 15.0. The van der Waals surface area contributed by atoms with Crippen LogP contribution in [0.25, 0.3) is 0 Å². The minimum absolute atomic E-state index is 0.292. The summed E-state index contributed by atoms with van der Waals surface area (Å²) in [4.78, 5) is 8.22. The number of aryl methyl sites for hydroxylation is 1. The fraction of sp³-hybridized carbons (Fsp3) is 0.333. The third-order valence-electron chi connectivity index (χ3n) is 2.86. The average molecular weight is 291 g/mol. The summed E-state index contributed by atoms with van der Waals surface area (Å²) in [5.41, 5.74) is 0.679. The van der Waals surface area contributed by atoms with Crippen molar-refractivity contribution < 1.29 is 13.9 Å². The first-order valence-electron chi connectivity index (χ1n) is 6.72. The molecule has 6 heteroatoms. The molecule has 0 aliphatic heterocycles. The molecule has 0 atom stereocenters. The summed E-state index contributed by atoms with van der Waals surface area (Å²) in [7, 11) is 1.53. The smallest absolute Gasteiger partial charge is 0.268 e. The topological polar surface area (TPSA) is 56.3 Å². The second-order valence-electron chi connectivity index (χ2n) is 4.50. The molecule has 0 spiro atoms. The number of anilines is 1. The van der Waals surface area contributed by atoms with Crippen LogP contribution < -0.4 is 14.8 Å². The van der Waals surface area contributed by atoms with Crippen molar-refractivity contribution in [3.05, 3.63) is 35.9 Å². The normalized spacial score (nSPS) is 10.3. The predicted octanol–water partition coefficient (Wildman–Crippen LogP) is 3.55. The molecule has 0 aliphatic rings. The minimum atomic E-state index is -0.306. The van der Waals surface area contributed by atoms with Crippen molar-refractivity contribution in [2.45, 2.75) is 20.3 Å². The van der Waals surface area contributed by atoms with Gasteiger partial charge in [-0.05, 0) is 37.1 Å². The highest BCUT2D eigenvalue weighted by atomic mass is 19.1. The van der Waals surface area contributed by atoms with Gasteiger partial charge in [-0.1, -0.05) is 6.92 Å². The van der Waals surface area contributed by atoms with Gasteiger partial charge in [0, 0.05) is 6.54 Å². The van der Waals surface area contributed by atoms with Crippen LogP contribution >= 0.6 is 0 Å². The zero-order valence-corrected chi connectivity index (χ0v) is 12.3. The SMILES string of the molecule is CCCNc1ncnc(Oc2ccc(F)cc2C)c1OC. The third-order valence-corrected chi connectivity index (χ3v) is 2.86. The highest BCUT2D eigenvalue weighted by molar-refractivity contribution is 5.56. The number of ether oxygens (including phenoxy) is 2. The van der Waals surface area contributed by atoms with Crippen LogP contribution in [-0.4, -0.2) is 23.6 Å². The van der Waals surface area contributed by atoms with Crippen LogP contribution in [0.2, 0.25) is 0 Å². The lowest BCUT2D eigenvalue weighted by molar-refractivity contribution is 0.368. The Morgan fingerprint density at radius 2 is 2.10 bits per heavy atom. The largest absolute Gasteiger partial charge is 0.489 e. The number of methoxy groups -OCH3 is 1. The molecule has 0 saturated heterocycles. The fourth-order valence-corrected chi connectivity index (χ4v) is 1.82. The average Bonchev–Trinajstić information content (AvgIpc) is 2.48. The van der Waals surface area contributed by atoms with E-state index in [4.69, 9.17) is 9.47 Å². The van der Waals surface area contributed by atoms with Crippen molar-refractivity contribution in [2.75, 3.05) is 19.0 Å². The zero-order valence-electron chi connectivity index (χ0n) is 12.3. The van der Waals surface area contributed by atoms with Crippen molar-refractivity contribution in [2.24, 2.45) is 0 Å². The summed E-state index contributed by atoms with van der Waals surface area (Å²) in [6, 6.07) is 4.30. The number of hydrogen-bond donors (Lipinski definition) is 1. The Hall–Kier alpha value is -2.37. The van der Waals surface area contributed by atoms with Crippen molar-refractivity contribution in [1.82, 2.24) is 9.97 Å². The quantitative estimate of drug-likeness (QED) is 0.882. The first-order chi connectivity index (χ1) is 10.2. The van der Waals surface area contributed by atoms with Gasteiger partial charge in [0.25, 0.3) is 5.88 Å². The van der Waals surface area contributed by atoms with Gasteiger partial charge in [0.15, 0.2) is 5.82 Å². The molecule has 21 heavy (non-hydrogen) atoms. The van der Waals surface area contributed by atoms with Gasteiger partial charge in [0.1, 0.15) is 17.9 Å². The number of aromatic nitrogens is 2. The maximum Gasteiger partial charge on any atom is 0.268 e. The summed E-state index contributed by atoms with van der Waals surface area (Å²) in [6.07, 6.45) is 2.36. The van der Waals surface area contributed by atoms with Crippen LogP contribution in [0.5, 0.6) is 17.4 Å². The Morgan fingerprint density at radius 1 is 1.29 bits per heavy atom. The first-order valence-corrected chi connectivity index (χ1v) is 6.72. The molecule has 1 aromatic carbocycles. The molecule has 0 fully saturated rings. The molecule has 0 unspecified atom stereocenters. The predicted molar refractivity (Wildman–Crippen MR) is 78.6 cm³/mol. The van der Waals surface area contributed by atoms with E-state index in [0.29, 0.717) is 28.8 Å². The van der Waals surface area contributed by atoms with E-state index in [1.807, 2.05) is 0 Å². The molecule has 112 valence electrons. The number of hydrogen-bond acceptors (Lipinski definition) is 5. The molecule has 5 nitrogen and oxygen atoms in total. The van der Waals surface area contributed by atoms with Gasteiger partial charge in [-0.25, -0.2) is 9.37 Å². The number of nitrogens with one attached hydrogen (secondary N) is 1. The maximum atomic E-state index is 13.1. The Bertz CT molecular complexity index is 620. The summed E-state index contributed by atoms with van der Waals surface area (Å²) in [5.74, 6) is 1.51. The van der Waals surface area contributed by atoms with Gasteiger partial charge in [0.05, 0.1) is 7.11 Å². The lowest BCUT2D eigenvalue weighted by Crippen LogP contribution is -2.06. The van der Waals surface area contributed by atoms with Crippen molar-refractivity contribution in [1.29, 1.82) is 0 Å². The molecule has 2 aromatic rings.